The second-order valence-corrected chi connectivity index (χ2v) is 5.59. The van der Waals surface area contributed by atoms with E-state index in [2.05, 4.69) is 4.90 Å². The number of Topliss-reactive ketones (excluding diaryl/α,β-unsaturated/α-hetero) is 1. The maximum absolute atomic E-state index is 12.0. The summed E-state index contributed by atoms with van der Waals surface area (Å²) in [6, 6.07) is 9.48. The summed E-state index contributed by atoms with van der Waals surface area (Å²) in [6.45, 7) is 6.16. The van der Waals surface area contributed by atoms with Crippen LogP contribution in [0.25, 0.3) is 0 Å². The Labute approximate surface area is 126 Å². The number of amides is 1. The molecule has 1 heterocycles. The summed E-state index contributed by atoms with van der Waals surface area (Å²) >= 11 is 0. The van der Waals surface area contributed by atoms with E-state index in [4.69, 9.17) is 0 Å². The molecule has 0 atom stereocenters. The van der Waals surface area contributed by atoms with Crippen molar-refractivity contribution in [1.82, 2.24) is 9.80 Å². The van der Waals surface area contributed by atoms with Crippen molar-refractivity contribution in [2.45, 2.75) is 26.2 Å². The van der Waals surface area contributed by atoms with Crippen molar-refractivity contribution < 1.29 is 9.59 Å². The lowest BCUT2D eigenvalue weighted by Gasteiger charge is -2.20. The Bertz CT molecular complexity index is 473. The average Bonchev–Trinajstić information content (AvgIpc) is 2.74. The van der Waals surface area contributed by atoms with Crippen molar-refractivity contribution in [1.29, 1.82) is 0 Å². The molecule has 0 aromatic heterocycles. The fraction of sp³-hybridized carbons (Fsp3) is 0.529. The number of ketones is 1. The number of nitrogens with zero attached hydrogens (tertiary/aromatic N) is 2. The summed E-state index contributed by atoms with van der Waals surface area (Å²) < 4.78 is 0. The summed E-state index contributed by atoms with van der Waals surface area (Å²) in [4.78, 5) is 27.7. The summed E-state index contributed by atoms with van der Waals surface area (Å²) in [5.41, 5.74) is 0.802. The van der Waals surface area contributed by atoms with Crippen LogP contribution in [0, 0.1) is 0 Å². The maximum Gasteiger partial charge on any atom is 0.219 e. The third kappa shape index (κ3) is 4.97. The maximum atomic E-state index is 12.0. The van der Waals surface area contributed by atoms with Gasteiger partial charge in [-0.2, -0.15) is 0 Å². The monoisotopic (exact) mass is 288 g/mol. The Hall–Kier alpha value is -1.68. The number of benzene rings is 1. The molecule has 1 aromatic rings. The van der Waals surface area contributed by atoms with Crippen LogP contribution in [0.3, 0.4) is 0 Å². The van der Waals surface area contributed by atoms with Gasteiger partial charge in [0.25, 0.3) is 0 Å². The minimum Gasteiger partial charge on any atom is -0.342 e. The number of carbonyl (C=O) groups is 2. The van der Waals surface area contributed by atoms with Gasteiger partial charge in [-0.1, -0.05) is 30.3 Å². The fourth-order valence-corrected chi connectivity index (χ4v) is 2.74. The van der Waals surface area contributed by atoms with E-state index in [0.717, 1.165) is 51.1 Å². The molecule has 0 unspecified atom stereocenters. The number of hydrogen-bond acceptors (Lipinski definition) is 3. The van der Waals surface area contributed by atoms with Crippen molar-refractivity contribution in [2.75, 3.05) is 32.7 Å². The molecule has 0 saturated carbocycles. The first-order valence-electron chi connectivity index (χ1n) is 7.73. The number of carbonyl (C=O) groups excluding carboxylic acids is 2. The lowest BCUT2D eigenvalue weighted by Crippen LogP contribution is -2.34. The van der Waals surface area contributed by atoms with E-state index >= 15 is 0 Å². The van der Waals surface area contributed by atoms with Crippen LogP contribution in [-0.4, -0.2) is 54.2 Å². The fourth-order valence-electron chi connectivity index (χ4n) is 2.74. The first-order chi connectivity index (χ1) is 10.2. The molecular formula is C17H24N2O2. The van der Waals surface area contributed by atoms with Crippen molar-refractivity contribution in [3.05, 3.63) is 35.9 Å². The number of rotatable bonds is 5. The van der Waals surface area contributed by atoms with Gasteiger partial charge in [-0.25, -0.2) is 0 Å². The summed E-state index contributed by atoms with van der Waals surface area (Å²) in [5, 5.41) is 0. The van der Waals surface area contributed by atoms with Crippen LogP contribution in [0.1, 0.15) is 36.5 Å². The van der Waals surface area contributed by atoms with Gasteiger partial charge >= 0.3 is 0 Å². The highest BCUT2D eigenvalue weighted by atomic mass is 16.2. The second kappa shape index (κ2) is 7.93. The molecule has 0 aliphatic carbocycles. The molecule has 0 bridgehead atoms. The van der Waals surface area contributed by atoms with Gasteiger partial charge in [-0.15, -0.1) is 0 Å². The van der Waals surface area contributed by atoms with Crippen molar-refractivity contribution in [3.8, 4) is 0 Å². The smallest absolute Gasteiger partial charge is 0.219 e. The Morgan fingerprint density at radius 3 is 2.52 bits per heavy atom. The molecule has 1 fully saturated rings. The Balaban J connectivity index is 1.71. The lowest BCUT2D eigenvalue weighted by atomic mass is 10.1. The van der Waals surface area contributed by atoms with Crippen LogP contribution in [0.5, 0.6) is 0 Å². The first-order valence-corrected chi connectivity index (χ1v) is 7.73. The summed E-state index contributed by atoms with van der Waals surface area (Å²) in [5.74, 6) is 0.381. The van der Waals surface area contributed by atoms with Crippen molar-refractivity contribution in [3.63, 3.8) is 0 Å². The van der Waals surface area contributed by atoms with Gasteiger partial charge in [-0.3, -0.25) is 9.59 Å². The highest BCUT2D eigenvalue weighted by Gasteiger charge is 2.16. The molecule has 0 radical (unpaired) electrons. The molecule has 114 valence electrons. The molecule has 2 rings (SSSR count). The van der Waals surface area contributed by atoms with Gasteiger partial charge in [0, 0.05) is 38.5 Å². The molecule has 0 spiro atoms. The second-order valence-electron chi connectivity index (χ2n) is 5.59. The van der Waals surface area contributed by atoms with Crippen LogP contribution >= 0.6 is 0 Å². The zero-order valence-corrected chi connectivity index (χ0v) is 12.8. The van der Waals surface area contributed by atoms with Crippen LogP contribution in [0.4, 0.5) is 0 Å². The Morgan fingerprint density at radius 2 is 1.81 bits per heavy atom. The molecule has 4 heteroatoms. The van der Waals surface area contributed by atoms with Gasteiger partial charge in [0.1, 0.15) is 0 Å². The first kappa shape index (κ1) is 15.7. The minimum atomic E-state index is 0.163. The average molecular weight is 288 g/mol. The van der Waals surface area contributed by atoms with Gasteiger partial charge < -0.3 is 9.80 Å². The minimum absolute atomic E-state index is 0.163. The largest absolute Gasteiger partial charge is 0.342 e. The zero-order chi connectivity index (χ0) is 15.1. The third-order valence-corrected chi connectivity index (χ3v) is 4.01. The van der Waals surface area contributed by atoms with Crippen LogP contribution in [0.15, 0.2) is 30.3 Å². The van der Waals surface area contributed by atoms with Crippen molar-refractivity contribution >= 4 is 11.7 Å². The quantitative estimate of drug-likeness (QED) is 0.780. The van der Waals surface area contributed by atoms with Crippen molar-refractivity contribution in [2.24, 2.45) is 0 Å². The van der Waals surface area contributed by atoms with Crippen LogP contribution < -0.4 is 0 Å². The predicted molar refractivity (Wildman–Crippen MR) is 83.3 cm³/mol. The highest BCUT2D eigenvalue weighted by Crippen LogP contribution is 2.08. The van der Waals surface area contributed by atoms with E-state index in [1.807, 2.05) is 35.2 Å². The molecule has 1 aliphatic heterocycles. The SMILES string of the molecule is CC(=O)N1CCCN(CCCC(=O)c2ccccc2)CC1. The molecule has 1 saturated heterocycles. The third-order valence-electron chi connectivity index (χ3n) is 4.01. The molecule has 4 nitrogen and oxygen atoms in total. The molecular weight excluding hydrogens is 264 g/mol. The predicted octanol–water partition coefficient (Wildman–Crippen LogP) is 2.20. The van der Waals surface area contributed by atoms with E-state index in [1.165, 1.54) is 0 Å². The van der Waals surface area contributed by atoms with Gasteiger partial charge in [0.15, 0.2) is 5.78 Å². The molecule has 21 heavy (non-hydrogen) atoms. The van der Waals surface area contributed by atoms with Crippen LogP contribution in [-0.2, 0) is 4.79 Å². The van der Waals surface area contributed by atoms with E-state index in [9.17, 15) is 9.59 Å². The van der Waals surface area contributed by atoms with Gasteiger partial charge in [0.05, 0.1) is 0 Å². The van der Waals surface area contributed by atoms with Crippen LogP contribution in [0.2, 0.25) is 0 Å². The number of hydrogen-bond donors (Lipinski definition) is 0. The van der Waals surface area contributed by atoms with Gasteiger partial charge in [-0.05, 0) is 25.9 Å². The Morgan fingerprint density at radius 1 is 1.05 bits per heavy atom. The van der Waals surface area contributed by atoms with Gasteiger partial charge in [0.2, 0.25) is 5.91 Å². The van der Waals surface area contributed by atoms with E-state index < -0.39 is 0 Å². The summed E-state index contributed by atoms with van der Waals surface area (Å²) in [6.07, 6.45) is 2.50. The topological polar surface area (TPSA) is 40.6 Å². The molecule has 1 aromatic carbocycles. The standard InChI is InChI=1S/C17H24N2O2/c1-15(20)19-12-6-11-18(13-14-19)10-5-9-17(21)16-7-3-2-4-8-16/h2-4,7-8H,5-6,9-14H2,1H3. The zero-order valence-electron chi connectivity index (χ0n) is 12.8. The molecule has 1 amide bonds. The molecule has 0 N–H and O–H groups in total. The van der Waals surface area contributed by atoms with E-state index in [0.29, 0.717) is 6.42 Å². The van der Waals surface area contributed by atoms with E-state index in [-0.39, 0.29) is 11.7 Å². The Kier molecular flexibility index (Phi) is 5.93. The lowest BCUT2D eigenvalue weighted by molar-refractivity contribution is -0.128. The molecule has 1 aliphatic rings. The normalized spacial score (nSPS) is 16.5. The summed E-state index contributed by atoms with van der Waals surface area (Å²) in [7, 11) is 0. The highest BCUT2D eigenvalue weighted by molar-refractivity contribution is 5.95. The van der Waals surface area contributed by atoms with E-state index in [1.54, 1.807) is 6.92 Å².